The van der Waals surface area contributed by atoms with Crippen LogP contribution in [0.3, 0.4) is 0 Å². The molecule has 0 aliphatic heterocycles. The van der Waals surface area contributed by atoms with Gasteiger partial charge in [-0.25, -0.2) is 4.39 Å². The Labute approximate surface area is 133 Å². The molecule has 118 valence electrons. The monoisotopic (exact) mass is 311 g/mol. The van der Waals surface area contributed by atoms with Gasteiger partial charge in [0.25, 0.3) is 0 Å². The van der Waals surface area contributed by atoms with Gasteiger partial charge in [-0.3, -0.25) is 0 Å². The fourth-order valence-corrected chi connectivity index (χ4v) is 3.72. The average Bonchev–Trinajstić information content (AvgIpc) is 2.45. The lowest BCUT2D eigenvalue weighted by molar-refractivity contribution is 0.184. The smallest absolute Gasteiger partial charge is 0.141 e. The van der Waals surface area contributed by atoms with E-state index in [0.717, 1.165) is 31.3 Å². The van der Waals surface area contributed by atoms with Crippen molar-refractivity contribution in [1.82, 2.24) is 5.32 Å². The van der Waals surface area contributed by atoms with Crippen LogP contribution in [-0.4, -0.2) is 13.1 Å². The van der Waals surface area contributed by atoms with Crippen molar-refractivity contribution in [3.05, 3.63) is 34.6 Å². The van der Waals surface area contributed by atoms with Gasteiger partial charge in [-0.05, 0) is 74.2 Å². The Morgan fingerprint density at radius 1 is 1.29 bits per heavy atom. The second-order valence-corrected chi connectivity index (χ2v) is 7.00. The summed E-state index contributed by atoms with van der Waals surface area (Å²) in [6, 6.07) is 5.18. The molecule has 0 amide bonds. The molecule has 1 saturated carbocycles. The van der Waals surface area contributed by atoms with E-state index < -0.39 is 0 Å². The Kier molecular flexibility index (Phi) is 6.50. The normalized spacial score (nSPS) is 26.0. The van der Waals surface area contributed by atoms with Crippen LogP contribution in [0.2, 0.25) is 5.02 Å². The number of benzene rings is 1. The third-order valence-corrected chi connectivity index (χ3v) is 5.01. The van der Waals surface area contributed by atoms with Crippen molar-refractivity contribution < 1.29 is 4.39 Å². The lowest BCUT2D eigenvalue weighted by Crippen LogP contribution is -2.34. The summed E-state index contributed by atoms with van der Waals surface area (Å²) in [6.07, 6.45) is 6.11. The molecule has 21 heavy (non-hydrogen) atoms. The zero-order valence-electron chi connectivity index (χ0n) is 13.2. The van der Waals surface area contributed by atoms with Crippen LogP contribution in [0, 0.1) is 23.6 Å². The van der Waals surface area contributed by atoms with E-state index in [1.54, 1.807) is 6.07 Å². The molecule has 0 aromatic heterocycles. The standard InChI is InChI=1S/C18H27ClFN/c1-3-8-21-12-15-6-4-13(2)9-16(15)10-14-5-7-18(20)17(19)11-14/h5,7,11,13,15-16,21H,3-4,6,8-10,12H2,1-2H3. The molecule has 0 heterocycles. The van der Waals surface area contributed by atoms with Crippen molar-refractivity contribution in [3.63, 3.8) is 0 Å². The number of nitrogens with one attached hydrogen (secondary N) is 1. The lowest BCUT2D eigenvalue weighted by Gasteiger charge is -2.35. The van der Waals surface area contributed by atoms with Crippen molar-refractivity contribution in [2.45, 2.75) is 46.0 Å². The third-order valence-electron chi connectivity index (χ3n) is 4.72. The average molecular weight is 312 g/mol. The van der Waals surface area contributed by atoms with Crippen LogP contribution >= 0.6 is 11.6 Å². The van der Waals surface area contributed by atoms with Crippen molar-refractivity contribution in [3.8, 4) is 0 Å². The maximum Gasteiger partial charge on any atom is 0.141 e. The summed E-state index contributed by atoms with van der Waals surface area (Å²) in [5.74, 6) is 1.89. The van der Waals surface area contributed by atoms with E-state index in [-0.39, 0.29) is 10.8 Å². The van der Waals surface area contributed by atoms with E-state index >= 15 is 0 Å². The molecule has 0 radical (unpaired) electrons. The first-order valence-corrected chi connectivity index (χ1v) is 8.62. The number of hydrogen-bond acceptors (Lipinski definition) is 1. The Morgan fingerprint density at radius 3 is 2.81 bits per heavy atom. The summed E-state index contributed by atoms with van der Waals surface area (Å²) in [5, 5.41) is 3.82. The molecule has 1 aromatic rings. The highest BCUT2D eigenvalue weighted by atomic mass is 35.5. The van der Waals surface area contributed by atoms with Gasteiger partial charge in [-0.1, -0.05) is 37.9 Å². The molecule has 0 saturated heterocycles. The van der Waals surface area contributed by atoms with Gasteiger partial charge in [0.2, 0.25) is 0 Å². The fourth-order valence-electron chi connectivity index (χ4n) is 3.51. The minimum absolute atomic E-state index is 0.247. The Morgan fingerprint density at radius 2 is 2.10 bits per heavy atom. The van der Waals surface area contributed by atoms with Gasteiger partial charge < -0.3 is 5.32 Å². The van der Waals surface area contributed by atoms with Crippen LogP contribution < -0.4 is 5.32 Å². The first kappa shape index (κ1) is 16.8. The van der Waals surface area contributed by atoms with Crippen molar-refractivity contribution in [2.75, 3.05) is 13.1 Å². The molecule has 1 aliphatic rings. The van der Waals surface area contributed by atoms with Gasteiger partial charge in [0.15, 0.2) is 0 Å². The summed E-state index contributed by atoms with van der Waals surface area (Å²) in [5.41, 5.74) is 1.17. The summed E-state index contributed by atoms with van der Waals surface area (Å²) < 4.78 is 13.3. The summed E-state index contributed by atoms with van der Waals surface area (Å²) >= 11 is 5.91. The molecule has 0 spiro atoms. The summed E-state index contributed by atoms with van der Waals surface area (Å²) in [6.45, 7) is 6.76. The fraction of sp³-hybridized carbons (Fsp3) is 0.667. The van der Waals surface area contributed by atoms with E-state index in [2.05, 4.69) is 19.2 Å². The second kappa shape index (κ2) is 8.14. The highest BCUT2D eigenvalue weighted by molar-refractivity contribution is 6.30. The molecule has 3 heteroatoms. The Balaban J connectivity index is 1.99. The van der Waals surface area contributed by atoms with Crippen LogP contribution in [0.15, 0.2) is 18.2 Å². The van der Waals surface area contributed by atoms with Crippen LogP contribution in [0.4, 0.5) is 4.39 Å². The summed E-state index contributed by atoms with van der Waals surface area (Å²) in [4.78, 5) is 0. The summed E-state index contributed by atoms with van der Waals surface area (Å²) in [7, 11) is 0. The van der Waals surface area contributed by atoms with Crippen LogP contribution in [0.25, 0.3) is 0 Å². The van der Waals surface area contributed by atoms with Crippen molar-refractivity contribution >= 4 is 11.6 Å². The van der Waals surface area contributed by atoms with Crippen molar-refractivity contribution in [1.29, 1.82) is 0 Å². The molecular weight excluding hydrogens is 285 g/mol. The van der Waals surface area contributed by atoms with Gasteiger partial charge >= 0.3 is 0 Å². The van der Waals surface area contributed by atoms with Gasteiger partial charge in [0.1, 0.15) is 5.82 Å². The highest BCUT2D eigenvalue weighted by Gasteiger charge is 2.28. The number of halogens is 2. The van der Waals surface area contributed by atoms with E-state index in [4.69, 9.17) is 11.6 Å². The molecule has 1 fully saturated rings. The molecule has 0 bridgehead atoms. The SMILES string of the molecule is CCCNCC1CCC(C)CC1Cc1ccc(F)c(Cl)c1. The predicted octanol–water partition coefficient (Wildman–Crippen LogP) is 5.07. The number of hydrogen-bond donors (Lipinski definition) is 1. The molecule has 1 aliphatic carbocycles. The van der Waals surface area contributed by atoms with Gasteiger partial charge in [-0.2, -0.15) is 0 Å². The third kappa shape index (κ3) is 4.96. The quantitative estimate of drug-likeness (QED) is 0.723. The highest BCUT2D eigenvalue weighted by Crippen LogP contribution is 2.36. The van der Waals surface area contributed by atoms with Gasteiger partial charge in [-0.15, -0.1) is 0 Å². The predicted molar refractivity (Wildman–Crippen MR) is 88.3 cm³/mol. The Hall–Kier alpha value is -0.600. The van der Waals surface area contributed by atoms with Crippen LogP contribution in [0.1, 0.15) is 45.1 Å². The molecule has 1 N–H and O–H groups in total. The molecule has 1 aromatic carbocycles. The van der Waals surface area contributed by atoms with Gasteiger partial charge in [0.05, 0.1) is 5.02 Å². The van der Waals surface area contributed by atoms with E-state index in [0.29, 0.717) is 5.92 Å². The first-order valence-electron chi connectivity index (χ1n) is 8.24. The van der Waals surface area contributed by atoms with E-state index in [1.807, 2.05) is 6.07 Å². The molecule has 2 rings (SSSR count). The maximum absolute atomic E-state index is 13.3. The molecule has 1 nitrogen and oxygen atoms in total. The van der Waals surface area contributed by atoms with Crippen molar-refractivity contribution in [2.24, 2.45) is 17.8 Å². The largest absolute Gasteiger partial charge is 0.316 e. The molecule has 3 atom stereocenters. The lowest BCUT2D eigenvalue weighted by atomic mass is 9.72. The van der Waals surface area contributed by atoms with Crippen LogP contribution in [0.5, 0.6) is 0 Å². The second-order valence-electron chi connectivity index (χ2n) is 6.60. The number of rotatable bonds is 6. The first-order chi connectivity index (χ1) is 10.1. The van der Waals surface area contributed by atoms with E-state index in [9.17, 15) is 4.39 Å². The Bertz CT molecular complexity index is 449. The molecular formula is C18H27ClFN. The van der Waals surface area contributed by atoms with Crippen LogP contribution in [-0.2, 0) is 6.42 Å². The maximum atomic E-state index is 13.3. The zero-order valence-corrected chi connectivity index (χ0v) is 13.9. The minimum Gasteiger partial charge on any atom is -0.316 e. The van der Waals surface area contributed by atoms with E-state index in [1.165, 1.54) is 37.3 Å². The van der Waals surface area contributed by atoms with Gasteiger partial charge in [0, 0.05) is 0 Å². The molecule has 3 unspecified atom stereocenters. The minimum atomic E-state index is -0.321. The zero-order chi connectivity index (χ0) is 15.2. The topological polar surface area (TPSA) is 12.0 Å².